The first-order chi connectivity index (χ1) is 4.86. The molecule has 1 aromatic heterocycles. The van der Waals surface area contributed by atoms with Crippen LogP contribution in [0.3, 0.4) is 0 Å². The van der Waals surface area contributed by atoms with Crippen molar-refractivity contribution in [2.45, 2.75) is 0 Å². The minimum Gasteiger partial charge on any atom is -0.208 e. The van der Waals surface area contributed by atoms with Gasteiger partial charge in [0.1, 0.15) is 0 Å². The first-order valence-electron chi connectivity index (χ1n) is 3.08. The third-order valence-corrected chi connectivity index (χ3v) is 1.34. The lowest BCUT2D eigenvalue weighted by atomic mass is 10.3. The molecule has 0 aliphatic carbocycles. The summed E-state index contributed by atoms with van der Waals surface area (Å²) in [6.45, 7) is 0. The molecule has 3 heteroatoms. The van der Waals surface area contributed by atoms with Crippen LogP contribution >= 0.6 is 0 Å². The fourth-order valence-electron chi connectivity index (χ4n) is 0.931. The van der Waals surface area contributed by atoms with E-state index in [0.717, 1.165) is 11.1 Å². The molecule has 0 N–H and O–H groups in total. The van der Waals surface area contributed by atoms with Crippen molar-refractivity contribution in [2.24, 2.45) is 7.05 Å². The number of para-hydroxylation sites is 1. The Morgan fingerprint density at radius 3 is 3.00 bits per heavy atom. The van der Waals surface area contributed by atoms with E-state index in [9.17, 15) is 0 Å². The first-order valence-corrected chi connectivity index (χ1v) is 3.08. The van der Waals surface area contributed by atoms with Gasteiger partial charge in [-0.15, -0.1) is 0 Å². The number of fused-ring (bicyclic) bond motifs is 1. The zero-order chi connectivity index (χ0) is 6.97. The van der Waals surface area contributed by atoms with E-state index in [-0.39, 0.29) is 0 Å². The van der Waals surface area contributed by atoms with Crippen LogP contribution in [0.1, 0.15) is 0 Å². The maximum atomic E-state index is 5.17. The summed E-state index contributed by atoms with van der Waals surface area (Å²) >= 11 is 0. The van der Waals surface area contributed by atoms with Gasteiger partial charge in [0.05, 0.1) is 4.85 Å². The fourth-order valence-corrected chi connectivity index (χ4v) is 0.931. The normalized spacial score (nSPS) is 10.5. The molecule has 1 heterocycles. The van der Waals surface area contributed by atoms with Crippen LogP contribution in [0.4, 0.5) is 0 Å². The Morgan fingerprint density at radius 1 is 1.40 bits per heavy atom. The number of aryl methyl sites for hydroxylation is 1. The van der Waals surface area contributed by atoms with Crippen LogP contribution in [0.2, 0.25) is 0 Å². The molecule has 0 amide bonds. The summed E-state index contributed by atoms with van der Waals surface area (Å²) in [7, 11) is 1.76. The summed E-state index contributed by atoms with van der Waals surface area (Å²) in [5, 5.41) is 4.06. The predicted molar refractivity (Wildman–Crippen MR) is 35.2 cm³/mol. The highest BCUT2D eigenvalue weighted by Gasteiger charge is 2.04. The molecule has 0 saturated carbocycles. The van der Waals surface area contributed by atoms with Gasteiger partial charge in [0.25, 0.3) is 0 Å². The van der Waals surface area contributed by atoms with E-state index in [1.54, 1.807) is 7.05 Å². The van der Waals surface area contributed by atoms with Gasteiger partial charge in [-0.1, -0.05) is 12.1 Å². The number of benzene rings is 1. The Bertz CT molecular complexity index is 320. The molecule has 0 aliphatic rings. The Morgan fingerprint density at radius 2 is 2.20 bits per heavy atom. The van der Waals surface area contributed by atoms with Crippen LogP contribution in [0, 0.1) is 0 Å². The number of nitrogens with zero attached hydrogens (tertiary/aromatic N) is 2. The van der Waals surface area contributed by atoms with Crippen LogP contribution in [0.15, 0.2) is 28.8 Å². The molecule has 10 heavy (non-hydrogen) atoms. The summed E-state index contributed by atoms with van der Waals surface area (Å²) in [5.41, 5.74) is 1.72. The van der Waals surface area contributed by atoms with Crippen LogP contribution < -0.4 is 4.85 Å². The molecule has 0 radical (unpaired) electrons. The monoisotopic (exact) mass is 135 g/mol. The number of hydrogen-bond donors (Lipinski definition) is 0. The highest BCUT2D eigenvalue weighted by molar-refractivity contribution is 5.69. The molecule has 0 aliphatic heterocycles. The average molecular weight is 135 g/mol. The van der Waals surface area contributed by atoms with Crippen molar-refractivity contribution in [3.05, 3.63) is 24.3 Å². The van der Waals surface area contributed by atoms with Gasteiger partial charge in [-0.3, -0.25) is 0 Å². The third kappa shape index (κ3) is 0.673. The van der Waals surface area contributed by atoms with Crippen molar-refractivity contribution in [3.8, 4) is 0 Å². The second-order valence-corrected chi connectivity index (χ2v) is 2.12. The largest absolute Gasteiger partial charge is 0.238 e. The molecule has 2 rings (SSSR count). The molecular weight excluding hydrogens is 128 g/mol. The zero-order valence-electron chi connectivity index (χ0n) is 5.61. The standard InChI is InChI=1S/C7H7N2O/c1-9-8-6-4-2-3-5-7(6)10-9/h2-5H,1H3/q+1. The second-order valence-electron chi connectivity index (χ2n) is 2.12. The van der Waals surface area contributed by atoms with Crippen LogP contribution in [0.5, 0.6) is 0 Å². The Kier molecular flexibility index (Phi) is 0.974. The lowest BCUT2D eigenvalue weighted by Gasteiger charge is -1.73. The molecule has 2 aromatic rings. The van der Waals surface area contributed by atoms with Crippen molar-refractivity contribution in [1.29, 1.82) is 0 Å². The maximum absolute atomic E-state index is 5.17. The van der Waals surface area contributed by atoms with Gasteiger partial charge >= 0.3 is 0 Å². The smallest absolute Gasteiger partial charge is 0.208 e. The molecule has 3 nitrogen and oxygen atoms in total. The average Bonchev–Trinajstić information content (AvgIpc) is 2.27. The predicted octanol–water partition coefficient (Wildman–Crippen LogP) is 0.652. The van der Waals surface area contributed by atoms with Gasteiger partial charge in [-0.25, -0.2) is 4.52 Å². The molecule has 0 fully saturated rings. The van der Waals surface area contributed by atoms with Crippen molar-refractivity contribution < 1.29 is 9.38 Å². The van der Waals surface area contributed by atoms with E-state index < -0.39 is 0 Å². The van der Waals surface area contributed by atoms with Gasteiger partial charge in [-0.2, -0.15) is 0 Å². The van der Waals surface area contributed by atoms with E-state index in [0.29, 0.717) is 0 Å². The molecule has 0 spiro atoms. The molecule has 0 bridgehead atoms. The van der Waals surface area contributed by atoms with Crippen LogP contribution in [-0.4, -0.2) is 5.10 Å². The third-order valence-electron chi connectivity index (χ3n) is 1.34. The first kappa shape index (κ1) is 5.41. The SMILES string of the molecule is C[n+]1nc2ccccc2o1. The van der Waals surface area contributed by atoms with E-state index in [1.165, 1.54) is 4.85 Å². The van der Waals surface area contributed by atoms with Crippen molar-refractivity contribution in [3.63, 3.8) is 0 Å². The lowest BCUT2D eigenvalue weighted by Crippen LogP contribution is -2.27. The molecule has 50 valence electrons. The Labute approximate surface area is 57.8 Å². The van der Waals surface area contributed by atoms with Crippen molar-refractivity contribution in [1.82, 2.24) is 5.10 Å². The molecule has 1 aromatic carbocycles. The molecule has 0 atom stereocenters. The Balaban J connectivity index is 2.88. The second kappa shape index (κ2) is 1.80. The molecular formula is C7H7N2O+. The van der Waals surface area contributed by atoms with E-state index in [1.807, 2.05) is 24.3 Å². The maximum Gasteiger partial charge on any atom is 0.238 e. The summed E-state index contributed by atoms with van der Waals surface area (Å²) < 4.78 is 5.17. The number of aromatic nitrogens is 2. The molecule has 0 unspecified atom stereocenters. The molecule has 0 saturated heterocycles. The van der Waals surface area contributed by atoms with E-state index in [4.69, 9.17) is 4.52 Å². The summed E-state index contributed by atoms with van der Waals surface area (Å²) in [6, 6.07) is 7.67. The van der Waals surface area contributed by atoms with Crippen LogP contribution in [0.25, 0.3) is 11.1 Å². The van der Waals surface area contributed by atoms with Gasteiger partial charge in [0, 0.05) is 5.10 Å². The van der Waals surface area contributed by atoms with Crippen LogP contribution in [-0.2, 0) is 7.05 Å². The van der Waals surface area contributed by atoms with E-state index >= 15 is 0 Å². The minimum absolute atomic E-state index is 0.824. The fraction of sp³-hybridized carbons (Fsp3) is 0.143. The van der Waals surface area contributed by atoms with Crippen molar-refractivity contribution >= 4 is 11.1 Å². The zero-order valence-corrected chi connectivity index (χ0v) is 5.61. The quantitative estimate of drug-likeness (QED) is 0.496. The van der Waals surface area contributed by atoms with Gasteiger partial charge in [0.2, 0.25) is 12.6 Å². The summed E-state index contributed by atoms with van der Waals surface area (Å²) in [5.74, 6) is 0. The summed E-state index contributed by atoms with van der Waals surface area (Å²) in [6.07, 6.45) is 0. The topological polar surface area (TPSA) is 29.9 Å². The van der Waals surface area contributed by atoms with Gasteiger partial charge < -0.3 is 0 Å². The van der Waals surface area contributed by atoms with Gasteiger partial charge in [0.15, 0.2) is 5.52 Å². The highest BCUT2D eigenvalue weighted by Crippen LogP contribution is 2.05. The lowest BCUT2D eigenvalue weighted by molar-refractivity contribution is -0.887. The minimum atomic E-state index is 0.824. The van der Waals surface area contributed by atoms with Crippen molar-refractivity contribution in [2.75, 3.05) is 0 Å². The van der Waals surface area contributed by atoms with E-state index in [2.05, 4.69) is 5.10 Å². The number of rotatable bonds is 0. The Hall–Kier alpha value is -1.38. The highest BCUT2D eigenvalue weighted by atomic mass is 16.5. The summed E-state index contributed by atoms with van der Waals surface area (Å²) in [4.78, 5) is 1.45. The number of hydrogen-bond acceptors (Lipinski definition) is 2. The van der Waals surface area contributed by atoms with Gasteiger partial charge in [-0.05, 0) is 12.1 Å².